The van der Waals surface area contributed by atoms with E-state index in [1.165, 1.54) is 6.07 Å². The molecule has 170 valence electrons. The topological polar surface area (TPSA) is 42.1 Å². The van der Waals surface area contributed by atoms with Crippen LogP contribution >= 0.6 is 23.8 Å². The van der Waals surface area contributed by atoms with Crippen molar-refractivity contribution in [2.24, 2.45) is 7.05 Å². The van der Waals surface area contributed by atoms with Gasteiger partial charge in [-0.3, -0.25) is 4.90 Å². The molecule has 1 fully saturated rings. The molecule has 1 aliphatic rings. The summed E-state index contributed by atoms with van der Waals surface area (Å²) in [6.45, 7) is 3.41. The molecule has 0 amide bonds. The van der Waals surface area contributed by atoms with Gasteiger partial charge in [0.15, 0.2) is 10.6 Å². The number of aromatic nitrogens is 4. The number of anilines is 1. The Morgan fingerprint density at radius 2 is 1.84 bits per heavy atom. The van der Waals surface area contributed by atoms with Crippen LogP contribution in [0.2, 0.25) is 5.02 Å². The Balaban J connectivity index is 1.45. The van der Waals surface area contributed by atoms with E-state index in [0.29, 0.717) is 47.7 Å². The predicted molar refractivity (Wildman–Crippen MR) is 120 cm³/mol. The molecule has 32 heavy (non-hydrogen) atoms. The fraction of sp³-hybridized carbons (Fsp3) is 0.381. The van der Waals surface area contributed by atoms with E-state index < -0.39 is 11.7 Å². The molecule has 1 aliphatic heterocycles. The van der Waals surface area contributed by atoms with E-state index >= 15 is 0 Å². The molecular weight excluding hydrogens is 461 g/mol. The SMILES string of the molecule is Cn1c(-c2ccccc2Cl)nn(CN2CCCN(c3ccc(C(F)(F)F)cn3)CC2)c1=S. The van der Waals surface area contributed by atoms with Crippen molar-refractivity contribution in [2.45, 2.75) is 19.3 Å². The van der Waals surface area contributed by atoms with E-state index in [1.54, 1.807) is 4.68 Å². The van der Waals surface area contributed by atoms with Crippen molar-refractivity contribution in [3.63, 3.8) is 0 Å². The van der Waals surface area contributed by atoms with Gasteiger partial charge in [-0.25, -0.2) is 9.67 Å². The Morgan fingerprint density at radius 3 is 2.53 bits per heavy atom. The summed E-state index contributed by atoms with van der Waals surface area (Å²) in [4.78, 5) is 8.26. The van der Waals surface area contributed by atoms with Crippen LogP contribution in [0.1, 0.15) is 12.0 Å². The van der Waals surface area contributed by atoms with Gasteiger partial charge in [0.05, 0.1) is 17.3 Å². The monoisotopic (exact) mass is 482 g/mol. The number of benzene rings is 1. The average molecular weight is 483 g/mol. The summed E-state index contributed by atoms with van der Waals surface area (Å²) >= 11 is 11.9. The summed E-state index contributed by atoms with van der Waals surface area (Å²) in [5.41, 5.74) is 0.0773. The van der Waals surface area contributed by atoms with Crippen LogP contribution in [-0.2, 0) is 19.9 Å². The van der Waals surface area contributed by atoms with Gasteiger partial charge in [-0.2, -0.15) is 18.3 Å². The second-order valence-corrected chi connectivity index (χ2v) is 8.42. The van der Waals surface area contributed by atoms with E-state index in [2.05, 4.69) is 9.88 Å². The first kappa shape index (κ1) is 22.8. The Hall–Kier alpha value is -2.43. The van der Waals surface area contributed by atoms with Crippen LogP contribution in [0.3, 0.4) is 0 Å². The number of hydrogen-bond donors (Lipinski definition) is 0. The number of halogens is 4. The van der Waals surface area contributed by atoms with Gasteiger partial charge in [-0.1, -0.05) is 23.7 Å². The molecule has 3 aromatic rings. The first-order valence-electron chi connectivity index (χ1n) is 10.1. The maximum Gasteiger partial charge on any atom is 0.417 e. The minimum absolute atomic E-state index is 0.519. The van der Waals surface area contributed by atoms with E-state index in [0.717, 1.165) is 30.8 Å². The summed E-state index contributed by atoms with van der Waals surface area (Å²) in [6.07, 6.45) is -2.65. The number of pyridine rings is 1. The van der Waals surface area contributed by atoms with Gasteiger partial charge in [0.25, 0.3) is 0 Å². The third-order valence-electron chi connectivity index (χ3n) is 5.48. The highest BCUT2D eigenvalue weighted by molar-refractivity contribution is 7.71. The maximum absolute atomic E-state index is 12.8. The summed E-state index contributed by atoms with van der Waals surface area (Å²) in [7, 11) is 1.87. The minimum atomic E-state index is -4.38. The number of nitrogens with zero attached hydrogens (tertiary/aromatic N) is 6. The van der Waals surface area contributed by atoms with Crippen molar-refractivity contribution in [1.29, 1.82) is 0 Å². The molecular formula is C21H22ClF3N6S. The quantitative estimate of drug-likeness (QED) is 0.497. The number of alkyl halides is 3. The molecule has 0 radical (unpaired) electrons. The van der Waals surface area contributed by atoms with Gasteiger partial charge < -0.3 is 9.47 Å². The van der Waals surface area contributed by atoms with Crippen LogP contribution in [0.15, 0.2) is 42.6 Å². The Labute approximate surface area is 193 Å². The van der Waals surface area contributed by atoms with Crippen molar-refractivity contribution in [2.75, 3.05) is 31.1 Å². The lowest BCUT2D eigenvalue weighted by molar-refractivity contribution is -0.137. The molecule has 3 heterocycles. The Morgan fingerprint density at radius 1 is 1.06 bits per heavy atom. The van der Waals surface area contributed by atoms with Gasteiger partial charge in [-0.05, 0) is 42.9 Å². The predicted octanol–water partition coefficient (Wildman–Crippen LogP) is 4.86. The zero-order valence-electron chi connectivity index (χ0n) is 17.4. The minimum Gasteiger partial charge on any atom is -0.355 e. The summed E-state index contributed by atoms with van der Waals surface area (Å²) in [5.74, 6) is 1.25. The van der Waals surface area contributed by atoms with E-state index in [-0.39, 0.29) is 0 Å². The van der Waals surface area contributed by atoms with Crippen molar-refractivity contribution >= 4 is 29.6 Å². The molecule has 4 rings (SSSR count). The van der Waals surface area contributed by atoms with Crippen LogP contribution in [-0.4, -0.2) is 50.4 Å². The lowest BCUT2D eigenvalue weighted by Gasteiger charge is -2.23. The van der Waals surface area contributed by atoms with Crippen LogP contribution in [0.25, 0.3) is 11.4 Å². The zero-order chi connectivity index (χ0) is 22.9. The van der Waals surface area contributed by atoms with Crippen LogP contribution < -0.4 is 4.90 Å². The molecule has 0 spiro atoms. The molecule has 2 aromatic heterocycles. The van der Waals surface area contributed by atoms with E-state index in [4.69, 9.17) is 28.9 Å². The molecule has 0 unspecified atom stereocenters. The fourth-order valence-corrected chi connectivity index (χ4v) is 4.13. The van der Waals surface area contributed by atoms with Crippen molar-refractivity contribution in [3.05, 3.63) is 58.0 Å². The third kappa shape index (κ3) is 4.82. The largest absolute Gasteiger partial charge is 0.417 e. The molecule has 0 N–H and O–H groups in total. The van der Waals surface area contributed by atoms with E-state index in [1.807, 2.05) is 40.8 Å². The summed E-state index contributed by atoms with van der Waals surface area (Å²) in [6, 6.07) is 10.0. The number of hydrogen-bond acceptors (Lipinski definition) is 5. The van der Waals surface area contributed by atoms with Gasteiger partial charge in [0.2, 0.25) is 0 Å². The normalized spacial score (nSPS) is 15.7. The Bertz CT molecular complexity index is 1140. The molecule has 11 heteroatoms. The van der Waals surface area contributed by atoms with Crippen molar-refractivity contribution in [3.8, 4) is 11.4 Å². The molecule has 1 saturated heterocycles. The smallest absolute Gasteiger partial charge is 0.355 e. The zero-order valence-corrected chi connectivity index (χ0v) is 19.0. The molecule has 0 atom stereocenters. The molecule has 0 aliphatic carbocycles. The molecule has 0 saturated carbocycles. The second-order valence-electron chi connectivity index (χ2n) is 7.65. The lowest BCUT2D eigenvalue weighted by Crippen LogP contribution is -2.32. The average Bonchev–Trinajstić information content (AvgIpc) is 2.93. The van der Waals surface area contributed by atoms with Crippen LogP contribution in [0.5, 0.6) is 0 Å². The van der Waals surface area contributed by atoms with Crippen LogP contribution in [0, 0.1) is 4.77 Å². The third-order valence-corrected chi connectivity index (χ3v) is 6.29. The molecule has 0 bridgehead atoms. The highest BCUT2D eigenvalue weighted by atomic mass is 35.5. The maximum atomic E-state index is 12.8. The second kappa shape index (κ2) is 9.21. The van der Waals surface area contributed by atoms with E-state index in [9.17, 15) is 13.2 Å². The van der Waals surface area contributed by atoms with Gasteiger partial charge in [0.1, 0.15) is 5.82 Å². The first-order chi connectivity index (χ1) is 15.2. The molecule has 6 nitrogen and oxygen atoms in total. The van der Waals surface area contributed by atoms with Gasteiger partial charge >= 0.3 is 6.18 Å². The highest BCUT2D eigenvalue weighted by Crippen LogP contribution is 2.29. The summed E-state index contributed by atoms with van der Waals surface area (Å²) in [5, 5.41) is 5.30. The fourth-order valence-electron chi connectivity index (χ4n) is 3.73. The standard InChI is InChI=1S/C21H22ClF3N6S/c1-28-19(16-5-2-3-6-17(16)22)27-31(20(28)32)14-29-9-4-10-30(12-11-29)18-8-7-15(13-26-18)21(23,24)25/h2-3,5-8,13H,4,9-12,14H2,1H3. The van der Waals surface area contributed by atoms with Crippen molar-refractivity contribution < 1.29 is 13.2 Å². The van der Waals surface area contributed by atoms with Crippen molar-refractivity contribution in [1.82, 2.24) is 24.2 Å². The van der Waals surface area contributed by atoms with Gasteiger partial charge in [-0.15, -0.1) is 0 Å². The molecule has 1 aromatic carbocycles. The summed E-state index contributed by atoms with van der Waals surface area (Å²) < 4.78 is 42.6. The Kier molecular flexibility index (Phi) is 6.55. The highest BCUT2D eigenvalue weighted by Gasteiger charge is 2.31. The van der Waals surface area contributed by atoms with Gasteiger partial charge in [0, 0.05) is 45.0 Å². The lowest BCUT2D eigenvalue weighted by atomic mass is 10.2. The number of rotatable bonds is 4. The first-order valence-corrected chi connectivity index (χ1v) is 10.9. The van der Waals surface area contributed by atoms with Crippen LogP contribution in [0.4, 0.5) is 19.0 Å².